The van der Waals surface area contributed by atoms with Gasteiger partial charge in [-0.2, -0.15) is 5.10 Å². The quantitative estimate of drug-likeness (QED) is 0.0246. The molecule has 0 aliphatic heterocycles. The standard InChI is InChI=1S/C42H48N4O7/c1-4-12-30-15-17-31(18-16-30)42(49)53-38-24-23-35(27-33(38)28-44-46(3)39-29-43-36-13-8-9-14-37(36)45-39)52-41(48)32-19-21-34(22-20-32)50-25-10-6-7-11-26-51-40(47)5-2/h5,8-9,13-14,19-24,27-31H,2,4,6-7,10-12,15-18,25-26H2,1,3H3/b44-28+. The molecule has 0 unspecified atom stereocenters. The average molecular weight is 721 g/mol. The lowest BCUT2D eigenvalue weighted by atomic mass is 9.80. The van der Waals surface area contributed by atoms with Crippen molar-refractivity contribution in [2.45, 2.75) is 71.1 Å². The molecule has 0 saturated heterocycles. The molecule has 0 spiro atoms. The molecule has 0 atom stereocenters. The van der Waals surface area contributed by atoms with Gasteiger partial charge in [-0.1, -0.05) is 38.5 Å². The average Bonchev–Trinajstić information content (AvgIpc) is 3.19. The first kappa shape index (κ1) is 38.6. The summed E-state index contributed by atoms with van der Waals surface area (Å²) in [5.74, 6) is 1.06. The Morgan fingerprint density at radius 1 is 0.887 bits per heavy atom. The van der Waals surface area contributed by atoms with Crippen molar-refractivity contribution < 1.29 is 33.3 Å². The highest BCUT2D eigenvalue weighted by Crippen LogP contribution is 2.33. The van der Waals surface area contributed by atoms with Crippen LogP contribution in [0.25, 0.3) is 11.0 Å². The Kier molecular flexibility index (Phi) is 14.5. The molecule has 1 saturated carbocycles. The Hall–Kier alpha value is -5.58. The van der Waals surface area contributed by atoms with Crippen LogP contribution in [0.15, 0.2) is 90.7 Å². The minimum absolute atomic E-state index is 0.159. The number of carbonyl (C=O) groups excluding carboxylic acids is 3. The predicted molar refractivity (Wildman–Crippen MR) is 204 cm³/mol. The van der Waals surface area contributed by atoms with Gasteiger partial charge < -0.3 is 18.9 Å². The van der Waals surface area contributed by atoms with Crippen LogP contribution in [0.5, 0.6) is 17.2 Å². The topological polar surface area (TPSA) is 130 Å². The van der Waals surface area contributed by atoms with Crippen LogP contribution in [-0.4, -0.2) is 54.4 Å². The Morgan fingerprint density at radius 2 is 1.60 bits per heavy atom. The van der Waals surface area contributed by atoms with Crippen LogP contribution in [0.2, 0.25) is 0 Å². The normalized spacial score (nSPS) is 15.5. The highest BCUT2D eigenvalue weighted by Gasteiger charge is 2.28. The number of anilines is 1. The van der Waals surface area contributed by atoms with Crippen LogP contribution in [0.3, 0.4) is 0 Å². The van der Waals surface area contributed by atoms with Crippen molar-refractivity contribution >= 4 is 41.0 Å². The number of rotatable bonds is 18. The molecule has 1 heterocycles. The largest absolute Gasteiger partial charge is 0.494 e. The van der Waals surface area contributed by atoms with Crippen LogP contribution < -0.4 is 19.2 Å². The van der Waals surface area contributed by atoms with Crippen LogP contribution >= 0.6 is 0 Å². The molecule has 5 rings (SSSR count). The Morgan fingerprint density at radius 3 is 2.34 bits per heavy atom. The zero-order valence-electron chi connectivity index (χ0n) is 30.6. The molecule has 1 fully saturated rings. The molecule has 1 aromatic heterocycles. The molecule has 11 heteroatoms. The summed E-state index contributed by atoms with van der Waals surface area (Å²) in [6.45, 7) is 6.49. The number of carbonyl (C=O) groups is 3. The second-order valence-corrected chi connectivity index (χ2v) is 13.2. The second kappa shape index (κ2) is 19.9. The van der Waals surface area contributed by atoms with E-state index in [9.17, 15) is 14.4 Å². The van der Waals surface area contributed by atoms with Crippen LogP contribution in [0.4, 0.5) is 5.82 Å². The van der Waals surface area contributed by atoms with Gasteiger partial charge in [-0.3, -0.25) is 9.78 Å². The minimum atomic E-state index is -0.547. The summed E-state index contributed by atoms with van der Waals surface area (Å²) >= 11 is 0. The molecular weight excluding hydrogens is 672 g/mol. The first-order valence-corrected chi connectivity index (χ1v) is 18.4. The first-order valence-electron chi connectivity index (χ1n) is 18.4. The molecule has 1 aliphatic carbocycles. The summed E-state index contributed by atoms with van der Waals surface area (Å²) in [4.78, 5) is 46.7. The van der Waals surface area contributed by atoms with Gasteiger partial charge in [0.1, 0.15) is 17.2 Å². The molecule has 0 bridgehead atoms. The number of aromatic nitrogens is 2. The molecule has 3 aromatic carbocycles. The van der Waals surface area contributed by atoms with Crippen molar-refractivity contribution in [3.8, 4) is 17.2 Å². The van der Waals surface area contributed by atoms with E-state index in [1.165, 1.54) is 6.42 Å². The number of esters is 3. The molecule has 1 aliphatic rings. The van der Waals surface area contributed by atoms with Crippen molar-refractivity contribution in [1.29, 1.82) is 0 Å². The lowest BCUT2D eigenvalue weighted by Crippen LogP contribution is -2.26. The Bertz CT molecular complexity index is 1870. The maximum absolute atomic E-state index is 13.3. The van der Waals surface area contributed by atoms with Crippen molar-refractivity contribution in [2.24, 2.45) is 16.9 Å². The lowest BCUT2D eigenvalue weighted by molar-refractivity contribution is -0.140. The van der Waals surface area contributed by atoms with E-state index in [1.807, 2.05) is 24.3 Å². The van der Waals surface area contributed by atoms with Crippen molar-refractivity contribution in [3.05, 3.63) is 96.7 Å². The molecule has 0 N–H and O–H groups in total. The SMILES string of the molecule is C=CC(=O)OCCCCCCOc1ccc(C(=O)Oc2ccc(OC(=O)C3CCC(CCC)CC3)c(/C=N/N(C)c3cnc4ccccc4n3)c2)cc1. The number of hydrazone groups is 1. The first-order chi connectivity index (χ1) is 25.8. The monoisotopic (exact) mass is 720 g/mol. The molecule has 53 heavy (non-hydrogen) atoms. The van der Waals surface area contributed by atoms with Gasteiger partial charge in [0.25, 0.3) is 0 Å². The van der Waals surface area contributed by atoms with E-state index >= 15 is 0 Å². The van der Waals surface area contributed by atoms with E-state index in [0.717, 1.165) is 74.9 Å². The lowest BCUT2D eigenvalue weighted by Gasteiger charge is -2.27. The molecule has 11 nitrogen and oxygen atoms in total. The summed E-state index contributed by atoms with van der Waals surface area (Å²) < 4.78 is 22.5. The van der Waals surface area contributed by atoms with E-state index in [-0.39, 0.29) is 17.6 Å². The predicted octanol–water partition coefficient (Wildman–Crippen LogP) is 8.50. The van der Waals surface area contributed by atoms with Gasteiger partial charge in [0.05, 0.1) is 48.1 Å². The summed E-state index contributed by atoms with van der Waals surface area (Å²) in [6.07, 6.45) is 13.9. The van der Waals surface area contributed by atoms with Gasteiger partial charge in [0.15, 0.2) is 5.82 Å². The molecule has 4 aromatic rings. The summed E-state index contributed by atoms with van der Waals surface area (Å²) in [5, 5.41) is 6.14. The molecule has 278 valence electrons. The van der Waals surface area contributed by atoms with Crippen LogP contribution in [0.1, 0.15) is 87.1 Å². The van der Waals surface area contributed by atoms with Crippen LogP contribution in [0, 0.1) is 11.8 Å². The maximum atomic E-state index is 13.3. The zero-order chi connectivity index (χ0) is 37.4. The van der Waals surface area contributed by atoms with Crippen molar-refractivity contribution in [3.63, 3.8) is 0 Å². The van der Waals surface area contributed by atoms with E-state index in [1.54, 1.807) is 66.9 Å². The second-order valence-electron chi connectivity index (χ2n) is 13.2. The van der Waals surface area contributed by atoms with E-state index in [4.69, 9.17) is 18.9 Å². The number of nitrogens with zero attached hydrogens (tertiary/aromatic N) is 4. The Balaban J connectivity index is 1.21. The van der Waals surface area contributed by atoms with Crippen LogP contribution in [-0.2, 0) is 14.3 Å². The van der Waals surface area contributed by atoms with E-state index in [0.29, 0.717) is 47.6 Å². The van der Waals surface area contributed by atoms with Gasteiger partial charge in [-0.25, -0.2) is 19.6 Å². The molecular formula is C42H48N4O7. The Labute approximate surface area is 311 Å². The number of para-hydroxylation sites is 2. The maximum Gasteiger partial charge on any atom is 0.343 e. The van der Waals surface area contributed by atoms with Gasteiger partial charge >= 0.3 is 17.9 Å². The fourth-order valence-electron chi connectivity index (χ4n) is 6.21. The smallest absolute Gasteiger partial charge is 0.343 e. The third-order valence-corrected chi connectivity index (χ3v) is 9.23. The third-order valence-electron chi connectivity index (χ3n) is 9.23. The number of ether oxygens (including phenoxy) is 4. The number of hydrogen-bond donors (Lipinski definition) is 0. The number of benzene rings is 3. The summed E-state index contributed by atoms with van der Waals surface area (Å²) in [5.41, 5.74) is 2.33. The van der Waals surface area contributed by atoms with Gasteiger partial charge in [0.2, 0.25) is 0 Å². The van der Waals surface area contributed by atoms with Gasteiger partial charge in [0, 0.05) is 18.7 Å². The number of hydrogen-bond acceptors (Lipinski definition) is 11. The molecule has 0 amide bonds. The summed E-state index contributed by atoms with van der Waals surface area (Å²) in [6, 6.07) is 19.2. The highest BCUT2D eigenvalue weighted by molar-refractivity contribution is 5.92. The summed E-state index contributed by atoms with van der Waals surface area (Å²) in [7, 11) is 1.75. The molecule has 0 radical (unpaired) electrons. The number of unbranched alkanes of at least 4 members (excludes halogenated alkanes) is 3. The van der Waals surface area contributed by atoms with E-state index in [2.05, 4.69) is 28.6 Å². The fraction of sp³-hybridized carbons (Fsp3) is 0.381. The van der Waals surface area contributed by atoms with Gasteiger partial charge in [-0.15, -0.1) is 0 Å². The van der Waals surface area contributed by atoms with E-state index < -0.39 is 11.9 Å². The highest BCUT2D eigenvalue weighted by atomic mass is 16.5. The fourth-order valence-corrected chi connectivity index (χ4v) is 6.21. The minimum Gasteiger partial charge on any atom is -0.494 e. The van der Waals surface area contributed by atoms with Crippen molar-refractivity contribution in [2.75, 3.05) is 25.3 Å². The van der Waals surface area contributed by atoms with Crippen molar-refractivity contribution in [1.82, 2.24) is 9.97 Å². The number of fused-ring (bicyclic) bond motifs is 1. The third kappa shape index (κ3) is 11.7. The van der Waals surface area contributed by atoms with Gasteiger partial charge in [-0.05, 0) is 112 Å². The zero-order valence-corrected chi connectivity index (χ0v) is 30.6.